The van der Waals surface area contributed by atoms with Crippen LogP contribution in [-0.2, 0) is 0 Å². The molecule has 2 unspecified atom stereocenters. The molecule has 0 N–H and O–H groups in total. The maximum absolute atomic E-state index is 2.73. The Morgan fingerprint density at radius 2 is 1.80 bits per heavy atom. The van der Waals surface area contributed by atoms with Gasteiger partial charge in [0, 0.05) is 31.7 Å². The summed E-state index contributed by atoms with van der Waals surface area (Å²) in [6, 6.07) is 1.45. The summed E-state index contributed by atoms with van der Waals surface area (Å²) in [7, 11) is 2.28. The van der Waals surface area contributed by atoms with Gasteiger partial charge in [-0.05, 0) is 38.6 Å². The predicted molar refractivity (Wildman–Crippen MR) is 65.0 cm³/mol. The lowest BCUT2D eigenvalue weighted by Crippen LogP contribution is -2.55. The van der Waals surface area contributed by atoms with Crippen molar-refractivity contribution in [2.75, 3.05) is 26.7 Å². The summed E-state index contributed by atoms with van der Waals surface area (Å²) < 4.78 is 0. The highest BCUT2D eigenvalue weighted by atomic mass is 15.3. The lowest BCUT2D eigenvalue weighted by molar-refractivity contribution is 0.00416. The molecule has 3 aliphatic heterocycles. The lowest BCUT2D eigenvalue weighted by atomic mass is 9.73. The van der Waals surface area contributed by atoms with Crippen LogP contribution < -0.4 is 0 Å². The summed E-state index contributed by atoms with van der Waals surface area (Å²) in [5.41, 5.74) is 0.498. The summed E-state index contributed by atoms with van der Waals surface area (Å²) in [6.45, 7) is 13.5. The molecule has 0 aromatic heterocycles. The van der Waals surface area contributed by atoms with Crippen molar-refractivity contribution in [3.63, 3.8) is 0 Å². The fraction of sp³-hybridized carbons (Fsp3) is 1.00. The molecule has 3 fully saturated rings. The summed E-state index contributed by atoms with van der Waals surface area (Å²) in [5.74, 6) is 0.881. The minimum absolute atomic E-state index is 0.498. The van der Waals surface area contributed by atoms with Crippen LogP contribution in [0.1, 0.15) is 34.1 Å². The van der Waals surface area contributed by atoms with Gasteiger partial charge in [0.15, 0.2) is 0 Å². The predicted octanol–water partition coefficient (Wildman–Crippen LogP) is 2.06. The highest BCUT2D eigenvalue weighted by Crippen LogP contribution is 2.41. The Morgan fingerprint density at radius 3 is 2.40 bits per heavy atom. The average Bonchev–Trinajstić information content (AvgIpc) is 2.28. The first-order valence-electron chi connectivity index (χ1n) is 6.34. The number of nitrogens with zero attached hydrogens (tertiary/aromatic N) is 2. The fourth-order valence-electron chi connectivity index (χ4n) is 3.67. The monoisotopic (exact) mass is 210 g/mol. The van der Waals surface area contributed by atoms with Crippen molar-refractivity contribution in [1.29, 1.82) is 0 Å². The SMILES string of the molecule is CC(C)N1CC2CN(C)CC1C(C)(C)C2. The van der Waals surface area contributed by atoms with Crippen LogP contribution in [0.4, 0.5) is 0 Å². The molecule has 88 valence electrons. The normalized spacial score (nSPS) is 37.2. The first-order chi connectivity index (χ1) is 6.90. The standard InChI is InChI=1S/C13H26N2/c1-10(2)15-8-11-6-13(3,4)12(15)9-14(5)7-11/h10-12H,6-9H2,1-5H3. The van der Waals surface area contributed by atoms with Gasteiger partial charge in [-0.1, -0.05) is 13.8 Å². The van der Waals surface area contributed by atoms with Gasteiger partial charge in [0.2, 0.25) is 0 Å². The van der Waals surface area contributed by atoms with Gasteiger partial charge in [-0.2, -0.15) is 0 Å². The molecule has 2 bridgehead atoms. The molecule has 3 rings (SSSR count). The second-order valence-corrected chi connectivity index (χ2v) is 6.59. The van der Waals surface area contributed by atoms with Gasteiger partial charge in [-0.15, -0.1) is 0 Å². The van der Waals surface area contributed by atoms with Gasteiger partial charge in [0.25, 0.3) is 0 Å². The minimum Gasteiger partial charge on any atom is -0.304 e. The molecule has 0 aromatic rings. The molecule has 0 radical (unpaired) electrons. The molecular weight excluding hydrogens is 184 g/mol. The highest BCUT2D eigenvalue weighted by Gasteiger charge is 2.45. The maximum atomic E-state index is 2.73. The molecule has 2 heteroatoms. The highest BCUT2D eigenvalue weighted by molar-refractivity contribution is 4.99. The zero-order valence-electron chi connectivity index (χ0n) is 11.0. The van der Waals surface area contributed by atoms with Gasteiger partial charge in [-0.3, -0.25) is 4.90 Å². The van der Waals surface area contributed by atoms with Crippen molar-refractivity contribution in [3.05, 3.63) is 0 Å². The van der Waals surface area contributed by atoms with Crippen molar-refractivity contribution >= 4 is 0 Å². The lowest BCUT2D eigenvalue weighted by Gasteiger charge is -2.49. The van der Waals surface area contributed by atoms with Crippen molar-refractivity contribution in [1.82, 2.24) is 9.80 Å². The molecule has 3 heterocycles. The van der Waals surface area contributed by atoms with Crippen LogP contribution in [0.3, 0.4) is 0 Å². The van der Waals surface area contributed by atoms with E-state index in [0.717, 1.165) is 12.0 Å². The Labute approximate surface area is 94.6 Å². The van der Waals surface area contributed by atoms with E-state index in [4.69, 9.17) is 0 Å². The van der Waals surface area contributed by atoms with E-state index in [1.54, 1.807) is 0 Å². The Kier molecular flexibility index (Phi) is 2.85. The van der Waals surface area contributed by atoms with E-state index in [0.29, 0.717) is 11.5 Å². The average molecular weight is 210 g/mol. The third-order valence-electron chi connectivity index (χ3n) is 4.30. The summed E-state index contributed by atoms with van der Waals surface area (Å²) >= 11 is 0. The summed E-state index contributed by atoms with van der Waals surface area (Å²) in [4.78, 5) is 5.27. The van der Waals surface area contributed by atoms with Crippen LogP contribution in [0.15, 0.2) is 0 Å². The molecule has 0 saturated carbocycles. The largest absolute Gasteiger partial charge is 0.304 e. The summed E-state index contributed by atoms with van der Waals surface area (Å²) in [6.07, 6.45) is 1.41. The second kappa shape index (κ2) is 3.74. The minimum atomic E-state index is 0.498. The van der Waals surface area contributed by atoms with E-state index >= 15 is 0 Å². The second-order valence-electron chi connectivity index (χ2n) is 6.59. The van der Waals surface area contributed by atoms with Gasteiger partial charge in [0.05, 0.1) is 0 Å². The molecule has 0 amide bonds. The smallest absolute Gasteiger partial charge is 0.0277 e. The third kappa shape index (κ3) is 2.07. The molecule has 2 atom stereocenters. The van der Waals surface area contributed by atoms with E-state index in [1.807, 2.05) is 0 Å². The number of likely N-dealkylation sites (N-methyl/N-ethyl adjacent to an activating group) is 1. The van der Waals surface area contributed by atoms with Crippen LogP contribution in [0.5, 0.6) is 0 Å². The Balaban J connectivity index is 2.26. The van der Waals surface area contributed by atoms with E-state index < -0.39 is 0 Å². The van der Waals surface area contributed by atoms with E-state index in [-0.39, 0.29) is 0 Å². The maximum Gasteiger partial charge on any atom is 0.0277 e. The Hall–Kier alpha value is -0.0800. The van der Waals surface area contributed by atoms with Crippen molar-refractivity contribution in [3.8, 4) is 0 Å². The van der Waals surface area contributed by atoms with Crippen LogP contribution in [0.25, 0.3) is 0 Å². The topological polar surface area (TPSA) is 6.48 Å². The number of hydrogen-bond donors (Lipinski definition) is 0. The molecule has 2 nitrogen and oxygen atoms in total. The van der Waals surface area contributed by atoms with Crippen LogP contribution in [-0.4, -0.2) is 48.6 Å². The van der Waals surface area contributed by atoms with E-state index in [1.165, 1.54) is 26.1 Å². The van der Waals surface area contributed by atoms with Crippen molar-refractivity contribution in [2.24, 2.45) is 11.3 Å². The zero-order chi connectivity index (χ0) is 11.2. The molecule has 0 aliphatic carbocycles. The fourth-order valence-corrected chi connectivity index (χ4v) is 3.67. The number of piperidine rings is 1. The molecule has 0 spiro atoms. The number of rotatable bonds is 1. The molecule has 3 aliphatic rings. The van der Waals surface area contributed by atoms with Crippen LogP contribution in [0, 0.1) is 11.3 Å². The molecule has 15 heavy (non-hydrogen) atoms. The van der Waals surface area contributed by atoms with E-state index in [9.17, 15) is 0 Å². The molecule has 3 saturated heterocycles. The van der Waals surface area contributed by atoms with E-state index in [2.05, 4.69) is 44.5 Å². The molecule has 0 aromatic carbocycles. The number of fused-ring (bicyclic) bond motifs is 4. The van der Waals surface area contributed by atoms with Gasteiger partial charge in [-0.25, -0.2) is 0 Å². The quantitative estimate of drug-likeness (QED) is 0.653. The first-order valence-corrected chi connectivity index (χ1v) is 6.34. The Morgan fingerprint density at radius 1 is 1.13 bits per heavy atom. The van der Waals surface area contributed by atoms with Gasteiger partial charge >= 0.3 is 0 Å². The van der Waals surface area contributed by atoms with Crippen LogP contribution >= 0.6 is 0 Å². The third-order valence-corrected chi connectivity index (χ3v) is 4.30. The van der Waals surface area contributed by atoms with Gasteiger partial charge in [0.1, 0.15) is 0 Å². The summed E-state index contributed by atoms with van der Waals surface area (Å²) in [5, 5.41) is 0. The Bertz CT molecular complexity index is 235. The first kappa shape index (κ1) is 11.4. The number of hydrogen-bond acceptors (Lipinski definition) is 2. The zero-order valence-corrected chi connectivity index (χ0v) is 11.0. The van der Waals surface area contributed by atoms with Crippen molar-refractivity contribution < 1.29 is 0 Å². The van der Waals surface area contributed by atoms with Crippen molar-refractivity contribution in [2.45, 2.75) is 46.2 Å². The van der Waals surface area contributed by atoms with Gasteiger partial charge < -0.3 is 4.90 Å². The molecular formula is C13H26N2. The van der Waals surface area contributed by atoms with Crippen LogP contribution in [0.2, 0.25) is 0 Å².